The molecule has 8 nitrogen and oxygen atoms in total. The van der Waals surface area contributed by atoms with Crippen LogP contribution in [0.1, 0.15) is 19.8 Å². The Morgan fingerprint density at radius 1 is 1.30 bits per heavy atom. The van der Waals surface area contributed by atoms with Crippen LogP contribution in [-0.2, 0) is 16.6 Å². The fraction of sp³-hybridized carbons (Fsp3) is 0.733. The maximum Gasteiger partial charge on any atom is 0.511 e. The SMILES string of the molecule is CCNC(=NCC1CCN(S(=O)(=O)C(F)(F)F)CC1)NCCn1ccnc1. The molecular formula is C15H25F3N6O2S. The molecule has 0 unspecified atom stereocenters. The summed E-state index contributed by atoms with van der Waals surface area (Å²) >= 11 is 0. The van der Waals surface area contributed by atoms with Gasteiger partial charge in [-0.2, -0.15) is 17.5 Å². The van der Waals surface area contributed by atoms with Crippen LogP contribution in [0.3, 0.4) is 0 Å². The fourth-order valence-electron chi connectivity index (χ4n) is 2.76. The lowest BCUT2D eigenvalue weighted by Crippen LogP contribution is -2.45. The number of rotatable bonds is 7. The van der Waals surface area contributed by atoms with Crippen LogP contribution >= 0.6 is 0 Å². The van der Waals surface area contributed by atoms with Gasteiger partial charge in [0.05, 0.1) is 6.33 Å². The van der Waals surface area contributed by atoms with Crippen molar-refractivity contribution in [2.45, 2.75) is 31.8 Å². The second-order valence-electron chi connectivity index (χ2n) is 6.24. The molecule has 0 radical (unpaired) electrons. The van der Waals surface area contributed by atoms with Gasteiger partial charge >= 0.3 is 15.5 Å². The van der Waals surface area contributed by atoms with Crippen molar-refractivity contribution >= 4 is 16.0 Å². The zero-order valence-corrected chi connectivity index (χ0v) is 15.9. The van der Waals surface area contributed by atoms with E-state index in [4.69, 9.17) is 0 Å². The minimum Gasteiger partial charge on any atom is -0.357 e. The van der Waals surface area contributed by atoms with Crippen molar-refractivity contribution in [2.75, 3.05) is 32.7 Å². The standard InChI is InChI=1S/C15H25F3N6O2S/c1-2-20-14(21-6-10-23-9-5-19-12-23)22-11-13-3-7-24(8-4-13)27(25,26)15(16,17)18/h5,9,12-13H,2-4,6-8,10-11H2,1H3,(H2,20,21,22). The Kier molecular flexibility index (Phi) is 7.48. The molecule has 154 valence electrons. The first-order chi connectivity index (χ1) is 12.7. The van der Waals surface area contributed by atoms with Crippen LogP contribution in [-0.4, -0.2) is 66.5 Å². The van der Waals surface area contributed by atoms with E-state index in [1.165, 1.54) is 0 Å². The molecule has 2 heterocycles. The van der Waals surface area contributed by atoms with E-state index in [2.05, 4.69) is 20.6 Å². The molecule has 0 spiro atoms. The highest BCUT2D eigenvalue weighted by Crippen LogP contribution is 2.30. The first kappa shape index (κ1) is 21.5. The van der Waals surface area contributed by atoms with E-state index >= 15 is 0 Å². The average Bonchev–Trinajstić information content (AvgIpc) is 3.12. The molecule has 2 rings (SSSR count). The number of nitrogens with one attached hydrogen (secondary N) is 2. The van der Waals surface area contributed by atoms with Gasteiger partial charge in [-0.25, -0.2) is 13.4 Å². The lowest BCUT2D eigenvalue weighted by atomic mass is 9.98. The highest BCUT2D eigenvalue weighted by molar-refractivity contribution is 7.90. The Labute approximate surface area is 156 Å². The summed E-state index contributed by atoms with van der Waals surface area (Å²) in [5, 5.41) is 6.30. The summed E-state index contributed by atoms with van der Waals surface area (Å²) in [5.41, 5.74) is -5.24. The zero-order valence-electron chi connectivity index (χ0n) is 15.1. The van der Waals surface area contributed by atoms with Crippen LogP contribution < -0.4 is 10.6 Å². The smallest absolute Gasteiger partial charge is 0.357 e. The number of aliphatic imine (C=N–C) groups is 1. The molecule has 12 heteroatoms. The van der Waals surface area contributed by atoms with Crippen LogP contribution in [0.5, 0.6) is 0 Å². The van der Waals surface area contributed by atoms with E-state index in [9.17, 15) is 21.6 Å². The van der Waals surface area contributed by atoms with Crippen molar-refractivity contribution in [3.8, 4) is 0 Å². The topological polar surface area (TPSA) is 91.6 Å². The zero-order chi connectivity index (χ0) is 19.9. The maximum absolute atomic E-state index is 12.6. The van der Waals surface area contributed by atoms with E-state index in [0.717, 1.165) is 6.54 Å². The molecular weight excluding hydrogens is 385 g/mol. The molecule has 1 fully saturated rings. The van der Waals surface area contributed by atoms with Gasteiger partial charge in [-0.05, 0) is 25.7 Å². The van der Waals surface area contributed by atoms with Crippen LogP contribution in [0.25, 0.3) is 0 Å². The number of sulfonamides is 1. The Bertz CT molecular complexity index is 698. The molecule has 27 heavy (non-hydrogen) atoms. The van der Waals surface area contributed by atoms with Gasteiger partial charge in [-0.1, -0.05) is 0 Å². The van der Waals surface area contributed by atoms with Gasteiger partial charge in [0, 0.05) is 51.7 Å². The van der Waals surface area contributed by atoms with Crippen molar-refractivity contribution in [2.24, 2.45) is 10.9 Å². The predicted octanol–water partition coefficient (Wildman–Crippen LogP) is 1.000. The second kappa shape index (κ2) is 9.40. The number of hydrogen-bond donors (Lipinski definition) is 2. The van der Waals surface area contributed by atoms with Gasteiger partial charge in [0.1, 0.15) is 0 Å². The molecule has 0 amide bonds. The number of aromatic nitrogens is 2. The normalized spacial score (nSPS) is 17.9. The molecule has 1 saturated heterocycles. The number of halogens is 3. The summed E-state index contributed by atoms with van der Waals surface area (Å²) in [6.45, 7) is 4.15. The lowest BCUT2D eigenvalue weighted by molar-refractivity contribution is -0.0496. The molecule has 0 atom stereocenters. The first-order valence-electron chi connectivity index (χ1n) is 8.78. The van der Waals surface area contributed by atoms with Crippen molar-refractivity contribution in [3.05, 3.63) is 18.7 Å². The summed E-state index contributed by atoms with van der Waals surface area (Å²) in [6, 6.07) is 0. The van der Waals surface area contributed by atoms with Crippen LogP contribution in [0.4, 0.5) is 13.2 Å². The Hall–Kier alpha value is -1.82. The third kappa shape index (κ3) is 6.09. The molecule has 1 aliphatic rings. The highest BCUT2D eigenvalue weighted by Gasteiger charge is 2.50. The van der Waals surface area contributed by atoms with Gasteiger partial charge < -0.3 is 15.2 Å². The summed E-state index contributed by atoms with van der Waals surface area (Å²) in [5.74, 6) is 0.678. The fourth-order valence-corrected chi connectivity index (χ4v) is 3.75. The predicted molar refractivity (Wildman–Crippen MR) is 95.5 cm³/mol. The quantitative estimate of drug-likeness (QED) is 0.517. The van der Waals surface area contributed by atoms with E-state index in [1.807, 2.05) is 17.7 Å². The number of guanidine groups is 1. The van der Waals surface area contributed by atoms with Crippen molar-refractivity contribution in [1.82, 2.24) is 24.5 Å². The number of alkyl halides is 3. The highest BCUT2D eigenvalue weighted by atomic mass is 32.2. The van der Waals surface area contributed by atoms with E-state index in [1.54, 1.807) is 12.5 Å². The second-order valence-corrected chi connectivity index (χ2v) is 8.17. The van der Waals surface area contributed by atoms with Crippen molar-refractivity contribution in [1.29, 1.82) is 0 Å². The lowest BCUT2D eigenvalue weighted by Gasteiger charge is -2.30. The molecule has 0 saturated carbocycles. The van der Waals surface area contributed by atoms with Gasteiger partial charge in [0.2, 0.25) is 0 Å². The van der Waals surface area contributed by atoms with Gasteiger partial charge in [-0.15, -0.1) is 0 Å². The monoisotopic (exact) mass is 410 g/mol. The summed E-state index contributed by atoms with van der Waals surface area (Å²) < 4.78 is 63.1. The Morgan fingerprint density at radius 2 is 2.00 bits per heavy atom. The largest absolute Gasteiger partial charge is 0.511 e. The molecule has 1 aliphatic heterocycles. The average molecular weight is 410 g/mol. The van der Waals surface area contributed by atoms with Crippen LogP contribution in [0.15, 0.2) is 23.7 Å². The van der Waals surface area contributed by atoms with E-state index < -0.39 is 15.5 Å². The molecule has 0 aromatic carbocycles. The molecule has 2 N–H and O–H groups in total. The summed E-state index contributed by atoms with van der Waals surface area (Å²) in [4.78, 5) is 8.44. The van der Waals surface area contributed by atoms with Gasteiger partial charge in [-0.3, -0.25) is 4.99 Å². The van der Waals surface area contributed by atoms with Gasteiger partial charge in [0.25, 0.3) is 0 Å². The minimum atomic E-state index is -5.24. The first-order valence-corrected chi connectivity index (χ1v) is 10.2. The summed E-state index contributed by atoms with van der Waals surface area (Å²) in [6.07, 6.45) is 5.98. The number of nitrogens with zero attached hydrogens (tertiary/aromatic N) is 4. The molecule has 1 aromatic heterocycles. The molecule has 0 bridgehead atoms. The number of hydrogen-bond acceptors (Lipinski definition) is 4. The third-order valence-electron chi connectivity index (χ3n) is 4.28. The summed E-state index contributed by atoms with van der Waals surface area (Å²) in [7, 11) is -5.23. The Balaban J connectivity index is 1.81. The minimum absolute atomic E-state index is 0.0498. The van der Waals surface area contributed by atoms with Crippen molar-refractivity contribution in [3.63, 3.8) is 0 Å². The van der Waals surface area contributed by atoms with Crippen LogP contribution in [0, 0.1) is 5.92 Å². The number of piperidine rings is 1. The third-order valence-corrected chi connectivity index (χ3v) is 5.91. The van der Waals surface area contributed by atoms with E-state index in [0.29, 0.717) is 42.7 Å². The van der Waals surface area contributed by atoms with Gasteiger partial charge in [0.15, 0.2) is 5.96 Å². The van der Waals surface area contributed by atoms with E-state index in [-0.39, 0.29) is 19.0 Å². The van der Waals surface area contributed by atoms with Crippen molar-refractivity contribution < 1.29 is 21.6 Å². The Morgan fingerprint density at radius 3 is 2.56 bits per heavy atom. The molecule has 1 aromatic rings. The maximum atomic E-state index is 12.6. The number of imidazole rings is 1. The molecule has 0 aliphatic carbocycles. The van der Waals surface area contributed by atoms with Crippen LogP contribution in [0.2, 0.25) is 0 Å².